The first-order valence-electron chi connectivity index (χ1n) is 7.56. The highest BCUT2D eigenvalue weighted by molar-refractivity contribution is 9.10. The first kappa shape index (κ1) is 14.0. The van der Waals surface area contributed by atoms with E-state index in [1.165, 1.54) is 11.1 Å². The number of amides is 1. The monoisotopic (exact) mass is 361 g/mol. The van der Waals surface area contributed by atoms with Crippen LogP contribution in [0.4, 0.5) is 0 Å². The number of nitrogens with one attached hydrogen (secondary N) is 1. The van der Waals surface area contributed by atoms with Gasteiger partial charge >= 0.3 is 5.97 Å². The highest BCUT2D eigenvalue weighted by atomic mass is 79.9. The normalized spacial score (nSPS) is 26.1. The molecule has 3 aliphatic rings. The van der Waals surface area contributed by atoms with Crippen LogP contribution in [0.15, 0.2) is 22.2 Å². The zero-order valence-electron chi connectivity index (χ0n) is 12.0. The number of fused-ring (bicyclic) bond motifs is 2. The lowest BCUT2D eigenvalue weighted by Crippen LogP contribution is -2.43. The average molecular weight is 362 g/mol. The van der Waals surface area contributed by atoms with Gasteiger partial charge in [0, 0.05) is 16.4 Å². The lowest BCUT2D eigenvalue weighted by atomic mass is 9.77. The van der Waals surface area contributed by atoms with Gasteiger partial charge in [0.15, 0.2) is 0 Å². The van der Waals surface area contributed by atoms with Crippen LogP contribution in [-0.4, -0.2) is 22.5 Å². The molecule has 1 fully saturated rings. The number of carboxylic acids is 1. The molecular formula is C17H16BrNO3. The van der Waals surface area contributed by atoms with Gasteiger partial charge in [0.2, 0.25) is 5.91 Å². The summed E-state index contributed by atoms with van der Waals surface area (Å²) in [7, 11) is 0. The number of carboxylic acid groups (broad SMARTS) is 1. The van der Waals surface area contributed by atoms with E-state index in [1.807, 2.05) is 6.07 Å². The SMILES string of the molecule is O=C1CCC2(CCC3=C(C2)c2c(Br)ccc(C(=O)O)c2C3)N1. The van der Waals surface area contributed by atoms with Crippen LogP contribution in [0.5, 0.6) is 0 Å². The number of hydrogen-bond donors (Lipinski definition) is 2. The molecule has 1 amide bonds. The molecule has 1 heterocycles. The van der Waals surface area contributed by atoms with E-state index in [0.717, 1.165) is 47.7 Å². The summed E-state index contributed by atoms with van der Waals surface area (Å²) in [4.78, 5) is 23.1. The fraction of sp³-hybridized carbons (Fsp3) is 0.412. The van der Waals surface area contributed by atoms with Crippen molar-refractivity contribution in [1.82, 2.24) is 5.32 Å². The van der Waals surface area contributed by atoms with Gasteiger partial charge in [-0.2, -0.15) is 0 Å². The lowest BCUT2D eigenvalue weighted by molar-refractivity contribution is -0.119. The maximum absolute atomic E-state index is 11.7. The van der Waals surface area contributed by atoms with Crippen molar-refractivity contribution in [3.8, 4) is 0 Å². The second-order valence-corrected chi connectivity index (χ2v) is 7.37. The van der Waals surface area contributed by atoms with E-state index in [1.54, 1.807) is 6.07 Å². The first-order chi connectivity index (χ1) is 10.5. The molecule has 1 spiro atoms. The van der Waals surface area contributed by atoms with Crippen molar-refractivity contribution < 1.29 is 14.7 Å². The number of carbonyl (C=O) groups excluding carboxylic acids is 1. The summed E-state index contributed by atoms with van der Waals surface area (Å²) in [6, 6.07) is 3.50. The number of benzene rings is 1. The number of carbonyl (C=O) groups is 2. The van der Waals surface area contributed by atoms with Crippen molar-refractivity contribution in [3.63, 3.8) is 0 Å². The number of hydrogen-bond acceptors (Lipinski definition) is 2. The molecule has 1 saturated heterocycles. The van der Waals surface area contributed by atoms with Crippen molar-refractivity contribution in [2.75, 3.05) is 0 Å². The van der Waals surface area contributed by atoms with Gasteiger partial charge in [0.25, 0.3) is 0 Å². The fourth-order valence-electron chi connectivity index (χ4n) is 4.19. The Labute approximate surface area is 136 Å². The molecule has 1 atom stereocenters. The molecule has 0 aromatic heterocycles. The smallest absolute Gasteiger partial charge is 0.335 e. The average Bonchev–Trinajstić information content (AvgIpc) is 3.01. The Morgan fingerprint density at radius 3 is 2.73 bits per heavy atom. The van der Waals surface area contributed by atoms with Crippen molar-refractivity contribution in [3.05, 3.63) is 38.9 Å². The van der Waals surface area contributed by atoms with Crippen molar-refractivity contribution in [2.45, 2.75) is 44.1 Å². The number of rotatable bonds is 1. The maximum atomic E-state index is 11.7. The number of halogens is 1. The minimum Gasteiger partial charge on any atom is -0.478 e. The van der Waals surface area contributed by atoms with Gasteiger partial charge in [-0.15, -0.1) is 0 Å². The second-order valence-electron chi connectivity index (χ2n) is 6.52. The van der Waals surface area contributed by atoms with Crippen LogP contribution in [0, 0.1) is 0 Å². The summed E-state index contributed by atoms with van der Waals surface area (Å²) in [6.07, 6.45) is 4.94. The molecule has 2 N–H and O–H groups in total. The Hall–Kier alpha value is -1.62. The summed E-state index contributed by atoms with van der Waals surface area (Å²) in [6.45, 7) is 0. The molecule has 4 rings (SSSR count). The summed E-state index contributed by atoms with van der Waals surface area (Å²) >= 11 is 3.59. The molecule has 2 aliphatic carbocycles. The van der Waals surface area contributed by atoms with E-state index >= 15 is 0 Å². The maximum Gasteiger partial charge on any atom is 0.335 e. The van der Waals surface area contributed by atoms with Gasteiger partial charge in [0.05, 0.1) is 5.56 Å². The first-order valence-corrected chi connectivity index (χ1v) is 8.35. The van der Waals surface area contributed by atoms with E-state index < -0.39 is 5.97 Å². The zero-order chi connectivity index (χ0) is 15.5. The topological polar surface area (TPSA) is 66.4 Å². The Kier molecular flexibility index (Phi) is 2.98. The third-order valence-electron chi connectivity index (χ3n) is 5.27. The Balaban J connectivity index is 1.79. The van der Waals surface area contributed by atoms with E-state index in [9.17, 15) is 14.7 Å². The van der Waals surface area contributed by atoms with Gasteiger partial charge in [-0.05, 0) is 60.9 Å². The fourth-order valence-corrected chi connectivity index (χ4v) is 4.80. The van der Waals surface area contributed by atoms with Crippen LogP contribution in [0.3, 0.4) is 0 Å². The van der Waals surface area contributed by atoms with Crippen LogP contribution in [0.25, 0.3) is 5.57 Å². The van der Waals surface area contributed by atoms with E-state index in [-0.39, 0.29) is 11.4 Å². The summed E-state index contributed by atoms with van der Waals surface area (Å²) in [5, 5.41) is 12.6. The Bertz CT molecular complexity index is 753. The molecule has 4 nitrogen and oxygen atoms in total. The highest BCUT2D eigenvalue weighted by Gasteiger charge is 2.43. The molecular weight excluding hydrogens is 346 g/mol. The van der Waals surface area contributed by atoms with Crippen molar-refractivity contribution >= 4 is 33.4 Å². The zero-order valence-corrected chi connectivity index (χ0v) is 13.6. The molecule has 1 unspecified atom stereocenters. The minimum absolute atomic E-state index is 0.115. The van der Waals surface area contributed by atoms with Crippen molar-refractivity contribution in [1.29, 1.82) is 0 Å². The molecule has 22 heavy (non-hydrogen) atoms. The molecule has 0 bridgehead atoms. The molecule has 1 aliphatic heterocycles. The van der Waals surface area contributed by atoms with E-state index in [0.29, 0.717) is 12.0 Å². The van der Waals surface area contributed by atoms with Gasteiger partial charge < -0.3 is 10.4 Å². The van der Waals surface area contributed by atoms with E-state index in [2.05, 4.69) is 21.2 Å². The summed E-state index contributed by atoms with van der Waals surface area (Å²) in [5.41, 5.74) is 4.85. The molecule has 0 radical (unpaired) electrons. The van der Waals surface area contributed by atoms with Gasteiger partial charge in [-0.1, -0.05) is 21.5 Å². The van der Waals surface area contributed by atoms with Gasteiger partial charge in [-0.3, -0.25) is 4.79 Å². The van der Waals surface area contributed by atoms with Crippen LogP contribution < -0.4 is 5.32 Å². The third kappa shape index (κ3) is 1.95. The van der Waals surface area contributed by atoms with Crippen molar-refractivity contribution in [2.24, 2.45) is 0 Å². The molecule has 0 saturated carbocycles. The summed E-state index contributed by atoms with van der Waals surface area (Å²) < 4.78 is 0.957. The van der Waals surface area contributed by atoms with Crippen LogP contribution >= 0.6 is 15.9 Å². The Morgan fingerprint density at radius 1 is 1.27 bits per heavy atom. The number of allylic oxidation sites excluding steroid dienone is 1. The molecule has 1 aromatic carbocycles. The highest BCUT2D eigenvalue weighted by Crippen LogP contribution is 2.50. The van der Waals surface area contributed by atoms with Crippen LogP contribution in [0.1, 0.15) is 53.6 Å². The van der Waals surface area contributed by atoms with E-state index in [4.69, 9.17) is 0 Å². The van der Waals surface area contributed by atoms with Crippen LogP contribution in [-0.2, 0) is 11.2 Å². The van der Waals surface area contributed by atoms with Crippen LogP contribution in [0.2, 0.25) is 0 Å². The number of aromatic carboxylic acids is 1. The lowest BCUT2D eigenvalue weighted by Gasteiger charge is -2.34. The largest absolute Gasteiger partial charge is 0.478 e. The van der Waals surface area contributed by atoms with Gasteiger partial charge in [0.1, 0.15) is 0 Å². The van der Waals surface area contributed by atoms with Gasteiger partial charge in [-0.25, -0.2) is 4.79 Å². The summed E-state index contributed by atoms with van der Waals surface area (Å²) in [5.74, 6) is -0.729. The molecule has 114 valence electrons. The quantitative estimate of drug-likeness (QED) is 0.806. The second kappa shape index (κ2) is 4.69. The molecule has 1 aromatic rings. The predicted molar refractivity (Wildman–Crippen MR) is 85.7 cm³/mol. The molecule has 5 heteroatoms. The third-order valence-corrected chi connectivity index (χ3v) is 5.93. The minimum atomic E-state index is -0.868. The standard InChI is InChI=1S/C17H16BrNO3/c18-13-2-1-10(16(21)22)11-7-9-3-5-17(6-4-14(20)19-17)8-12(9)15(11)13/h1-2H,3-8H2,(H,19,20)(H,21,22). The Morgan fingerprint density at radius 2 is 2.05 bits per heavy atom. The predicted octanol–water partition coefficient (Wildman–Crippen LogP) is 3.29.